The second-order valence-corrected chi connectivity index (χ2v) is 4.54. The van der Waals surface area contributed by atoms with E-state index >= 15 is 0 Å². The molecule has 2 aromatic carbocycles. The number of nitrogen functional groups attached to an aromatic ring is 1. The highest BCUT2D eigenvalue weighted by Crippen LogP contribution is 2.21. The molecule has 0 amide bonds. The van der Waals surface area contributed by atoms with Gasteiger partial charge in [-0.15, -0.1) is 0 Å². The van der Waals surface area contributed by atoms with Crippen LogP contribution < -0.4 is 11.3 Å². The number of nitriles is 1. The average Bonchev–Trinajstić information content (AvgIpc) is 2.47. The molecule has 0 saturated heterocycles. The number of fused-ring (bicyclic) bond motifs is 1. The highest BCUT2D eigenvalue weighted by molar-refractivity contribution is 5.84. The van der Waals surface area contributed by atoms with Crippen LogP contribution >= 0.6 is 0 Å². The fourth-order valence-electron chi connectivity index (χ4n) is 2.34. The number of nitrogens with two attached hydrogens (primary N) is 1. The van der Waals surface area contributed by atoms with Crippen LogP contribution in [0.1, 0.15) is 5.56 Å². The number of hydrogen-bond donors (Lipinski definition) is 1. The molecule has 1 heterocycles. The number of aromatic nitrogens is 1. The first-order chi connectivity index (χ1) is 10.1. The lowest BCUT2D eigenvalue weighted by atomic mass is 10.1. The van der Waals surface area contributed by atoms with Gasteiger partial charge in [0.25, 0.3) is 5.56 Å². The molecule has 0 atom stereocenters. The molecule has 0 radical (unpaired) electrons. The summed E-state index contributed by atoms with van der Waals surface area (Å²) in [7, 11) is 0. The summed E-state index contributed by atoms with van der Waals surface area (Å²) < 4.78 is 14.9. The zero-order valence-corrected chi connectivity index (χ0v) is 10.9. The Labute approximate surface area is 119 Å². The topological polar surface area (TPSA) is 71.8 Å². The molecule has 102 valence electrons. The lowest BCUT2D eigenvalue weighted by Crippen LogP contribution is -2.22. The molecule has 3 aromatic rings. The van der Waals surface area contributed by atoms with Crippen molar-refractivity contribution in [3.8, 4) is 11.8 Å². The molecule has 0 bridgehead atoms. The van der Waals surface area contributed by atoms with E-state index in [4.69, 9.17) is 11.0 Å². The quantitative estimate of drug-likeness (QED) is 0.744. The minimum absolute atomic E-state index is 0.144. The molecule has 0 aliphatic carbocycles. The summed E-state index contributed by atoms with van der Waals surface area (Å²) >= 11 is 0. The molecular weight excluding hydrogens is 269 g/mol. The molecule has 3 rings (SSSR count). The third kappa shape index (κ3) is 1.94. The summed E-state index contributed by atoms with van der Waals surface area (Å²) in [5.41, 5.74) is 5.48. The van der Waals surface area contributed by atoms with Crippen LogP contribution in [0.4, 0.5) is 10.2 Å². The molecule has 21 heavy (non-hydrogen) atoms. The van der Waals surface area contributed by atoms with E-state index in [9.17, 15) is 9.18 Å². The summed E-state index contributed by atoms with van der Waals surface area (Å²) in [5.74, 6) is -0.532. The van der Waals surface area contributed by atoms with Gasteiger partial charge < -0.3 is 5.73 Å². The zero-order valence-electron chi connectivity index (χ0n) is 10.9. The molecule has 0 spiro atoms. The number of hydrogen-bond acceptors (Lipinski definition) is 3. The molecular formula is C16H10FN3O. The number of nitrogens with zero attached hydrogens (tertiary/aromatic N) is 2. The maximum atomic E-state index is 13.7. The Hall–Kier alpha value is -3.13. The minimum atomic E-state index is -0.686. The van der Waals surface area contributed by atoms with Gasteiger partial charge >= 0.3 is 0 Å². The largest absolute Gasteiger partial charge is 0.385 e. The number of benzene rings is 2. The summed E-state index contributed by atoms with van der Waals surface area (Å²) in [6.45, 7) is 0. The van der Waals surface area contributed by atoms with Gasteiger partial charge in [-0.2, -0.15) is 5.26 Å². The van der Waals surface area contributed by atoms with Crippen LogP contribution in [0.25, 0.3) is 16.5 Å². The van der Waals surface area contributed by atoms with Crippen molar-refractivity contribution in [3.63, 3.8) is 0 Å². The van der Waals surface area contributed by atoms with Crippen LogP contribution in [0.15, 0.2) is 53.3 Å². The van der Waals surface area contributed by atoms with Crippen molar-refractivity contribution in [2.24, 2.45) is 0 Å². The van der Waals surface area contributed by atoms with Crippen molar-refractivity contribution in [2.75, 3.05) is 5.73 Å². The Morgan fingerprint density at radius 1 is 1.14 bits per heavy atom. The van der Waals surface area contributed by atoms with Crippen LogP contribution in [0.2, 0.25) is 0 Å². The van der Waals surface area contributed by atoms with Gasteiger partial charge in [-0.25, -0.2) is 4.39 Å². The van der Waals surface area contributed by atoms with Gasteiger partial charge in [-0.3, -0.25) is 9.36 Å². The van der Waals surface area contributed by atoms with E-state index in [-0.39, 0.29) is 22.6 Å². The minimum Gasteiger partial charge on any atom is -0.385 e. The molecule has 5 heteroatoms. The zero-order chi connectivity index (χ0) is 15.0. The molecule has 0 fully saturated rings. The smallest absolute Gasteiger partial charge is 0.264 e. The molecule has 0 unspecified atom stereocenters. The molecule has 1 aromatic heterocycles. The third-order valence-corrected chi connectivity index (χ3v) is 3.30. The van der Waals surface area contributed by atoms with Gasteiger partial charge in [0.15, 0.2) is 0 Å². The molecule has 4 nitrogen and oxygen atoms in total. The Bertz CT molecular complexity index is 954. The maximum absolute atomic E-state index is 13.7. The maximum Gasteiger partial charge on any atom is 0.264 e. The summed E-state index contributed by atoms with van der Waals surface area (Å²) in [4.78, 5) is 12.6. The first-order valence-corrected chi connectivity index (χ1v) is 6.22. The summed E-state index contributed by atoms with van der Waals surface area (Å²) in [5, 5.41) is 10.3. The highest BCUT2D eigenvalue weighted by Gasteiger charge is 2.14. The van der Waals surface area contributed by atoms with Crippen molar-refractivity contribution in [1.29, 1.82) is 5.26 Å². The fraction of sp³-hybridized carbons (Fsp3) is 0. The predicted molar refractivity (Wildman–Crippen MR) is 78.6 cm³/mol. The Morgan fingerprint density at radius 2 is 1.90 bits per heavy atom. The van der Waals surface area contributed by atoms with E-state index < -0.39 is 5.82 Å². The molecule has 2 N–H and O–H groups in total. The van der Waals surface area contributed by atoms with Gasteiger partial charge in [0, 0.05) is 5.39 Å². The number of rotatable bonds is 1. The first-order valence-electron chi connectivity index (χ1n) is 6.22. The summed E-state index contributed by atoms with van der Waals surface area (Å²) in [6.07, 6.45) is 0. The van der Waals surface area contributed by atoms with E-state index in [1.165, 1.54) is 18.2 Å². The van der Waals surface area contributed by atoms with Gasteiger partial charge in [0.2, 0.25) is 0 Å². The number of pyridine rings is 1. The van der Waals surface area contributed by atoms with Crippen molar-refractivity contribution < 1.29 is 4.39 Å². The van der Waals surface area contributed by atoms with Crippen LogP contribution in [0.5, 0.6) is 0 Å². The standard InChI is InChI=1S/C16H10FN3O/c17-13-6-3-7-14(12(13)9-18)20-15(19)8-10-4-1-2-5-11(10)16(20)21/h1-8H,19H2. The van der Waals surface area contributed by atoms with Crippen molar-refractivity contribution in [1.82, 2.24) is 4.57 Å². The van der Waals surface area contributed by atoms with Crippen molar-refractivity contribution in [3.05, 3.63) is 70.3 Å². The van der Waals surface area contributed by atoms with Crippen LogP contribution in [-0.4, -0.2) is 4.57 Å². The molecule has 0 aliphatic rings. The third-order valence-electron chi connectivity index (χ3n) is 3.30. The predicted octanol–water partition coefficient (Wildman–Crippen LogP) is 2.58. The van der Waals surface area contributed by atoms with E-state index in [1.807, 2.05) is 0 Å². The average molecular weight is 279 g/mol. The first kappa shape index (κ1) is 12.9. The molecule has 0 aliphatic heterocycles. The van der Waals surface area contributed by atoms with Crippen LogP contribution in [0, 0.1) is 17.1 Å². The van der Waals surface area contributed by atoms with E-state index in [1.54, 1.807) is 36.4 Å². The second-order valence-electron chi connectivity index (χ2n) is 4.54. The normalized spacial score (nSPS) is 10.5. The van der Waals surface area contributed by atoms with Gasteiger partial charge in [-0.05, 0) is 29.7 Å². The van der Waals surface area contributed by atoms with Gasteiger partial charge in [-0.1, -0.05) is 24.3 Å². The number of halogens is 1. The summed E-state index contributed by atoms with van der Waals surface area (Å²) in [6, 6.07) is 14.5. The van der Waals surface area contributed by atoms with Gasteiger partial charge in [0.1, 0.15) is 23.3 Å². The van der Waals surface area contributed by atoms with E-state index in [2.05, 4.69) is 0 Å². The Balaban J connectivity index is 2.45. The monoisotopic (exact) mass is 279 g/mol. The van der Waals surface area contributed by atoms with Crippen LogP contribution in [-0.2, 0) is 0 Å². The van der Waals surface area contributed by atoms with Crippen LogP contribution in [0.3, 0.4) is 0 Å². The Morgan fingerprint density at radius 3 is 2.67 bits per heavy atom. The van der Waals surface area contributed by atoms with Crippen molar-refractivity contribution in [2.45, 2.75) is 0 Å². The SMILES string of the molecule is N#Cc1c(F)cccc1-n1c(N)cc2ccccc2c1=O. The highest BCUT2D eigenvalue weighted by atomic mass is 19.1. The lowest BCUT2D eigenvalue weighted by Gasteiger charge is -2.12. The fourth-order valence-corrected chi connectivity index (χ4v) is 2.34. The lowest BCUT2D eigenvalue weighted by molar-refractivity contribution is 0.622. The number of anilines is 1. The molecule has 0 saturated carbocycles. The van der Waals surface area contributed by atoms with Gasteiger partial charge in [0.05, 0.1) is 5.69 Å². The Kier molecular flexibility index (Phi) is 2.92. The van der Waals surface area contributed by atoms with E-state index in [0.717, 1.165) is 4.57 Å². The second kappa shape index (κ2) is 4.76. The van der Waals surface area contributed by atoms with E-state index in [0.29, 0.717) is 10.8 Å². The van der Waals surface area contributed by atoms with Crippen molar-refractivity contribution >= 4 is 16.6 Å².